The molecule has 0 saturated heterocycles. The number of hydrogen-bond donors (Lipinski definition) is 8. The predicted octanol–water partition coefficient (Wildman–Crippen LogP) is -1.70. The fourth-order valence-corrected chi connectivity index (χ4v) is 2.15. The standard InChI is InChI=1S/C16H35N7O3/c17-8-5-9-20-10-6-12-21-14(25)15(26)23-13(24)7-3-1-2-4-11-22-16(18)19/h15,20,26H,1-12,17H2,(H,21,25)(H,23,24)(H4,18,19,22). The molecule has 0 aromatic heterocycles. The van der Waals surface area contributed by atoms with Gasteiger partial charge in [-0.2, -0.15) is 0 Å². The highest BCUT2D eigenvalue weighted by molar-refractivity contribution is 5.86. The van der Waals surface area contributed by atoms with Crippen LogP contribution in [0.5, 0.6) is 0 Å². The lowest BCUT2D eigenvalue weighted by Gasteiger charge is -2.13. The maximum Gasteiger partial charge on any atom is 0.269 e. The van der Waals surface area contributed by atoms with Crippen LogP contribution >= 0.6 is 0 Å². The van der Waals surface area contributed by atoms with Gasteiger partial charge in [-0.15, -0.1) is 0 Å². The van der Waals surface area contributed by atoms with E-state index in [1.807, 2.05) is 0 Å². The second-order valence-corrected chi connectivity index (χ2v) is 6.01. The summed E-state index contributed by atoms with van der Waals surface area (Å²) < 4.78 is 0. The third kappa shape index (κ3) is 15.6. The van der Waals surface area contributed by atoms with Gasteiger partial charge in [-0.25, -0.2) is 0 Å². The first-order chi connectivity index (χ1) is 12.5. The summed E-state index contributed by atoms with van der Waals surface area (Å²) in [6, 6.07) is 0. The van der Waals surface area contributed by atoms with E-state index in [-0.39, 0.29) is 18.3 Å². The van der Waals surface area contributed by atoms with Gasteiger partial charge in [-0.1, -0.05) is 12.8 Å². The van der Waals surface area contributed by atoms with Crippen molar-refractivity contribution in [1.29, 1.82) is 5.41 Å². The van der Waals surface area contributed by atoms with Gasteiger partial charge < -0.3 is 37.8 Å². The molecule has 1 unspecified atom stereocenters. The number of carbonyl (C=O) groups excluding carboxylic acids is 2. The molecule has 0 aliphatic heterocycles. The van der Waals surface area contributed by atoms with Crippen molar-refractivity contribution in [2.24, 2.45) is 11.5 Å². The average molecular weight is 374 g/mol. The Morgan fingerprint density at radius 1 is 0.923 bits per heavy atom. The van der Waals surface area contributed by atoms with Gasteiger partial charge in [-0.3, -0.25) is 15.0 Å². The Labute approximate surface area is 155 Å². The van der Waals surface area contributed by atoms with E-state index in [1.54, 1.807) is 0 Å². The molecule has 0 radical (unpaired) electrons. The third-order valence-corrected chi connectivity index (χ3v) is 3.58. The number of rotatable bonds is 16. The molecular formula is C16H35N7O3. The van der Waals surface area contributed by atoms with Gasteiger partial charge in [0.2, 0.25) is 12.1 Å². The minimum Gasteiger partial charge on any atom is -0.370 e. The Hall–Kier alpha value is -1.91. The highest BCUT2D eigenvalue weighted by atomic mass is 16.3. The molecule has 152 valence electrons. The van der Waals surface area contributed by atoms with E-state index in [2.05, 4.69) is 21.3 Å². The van der Waals surface area contributed by atoms with Gasteiger partial charge in [0, 0.05) is 19.5 Å². The van der Waals surface area contributed by atoms with Crippen molar-refractivity contribution in [3.05, 3.63) is 0 Å². The molecule has 10 heteroatoms. The van der Waals surface area contributed by atoms with Crippen molar-refractivity contribution in [1.82, 2.24) is 21.3 Å². The molecule has 0 spiro atoms. The summed E-state index contributed by atoms with van der Waals surface area (Å²) in [5, 5.41) is 27.4. The monoisotopic (exact) mass is 373 g/mol. The van der Waals surface area contributed by atoms with E-state index >= 15 is 0 Å². The largest absolute Gasteiger partial charge is 0.370 e. The zero-order valence-corrected chi connectivity index (χ0v) is 15.5. The van der Waals surface area contributed by atoms with Crippen LogP contribution in [0.4, 0.5) is 0 Å². The molecule has 0 aliphatic carbocycles. The summed E-state index contributed by atoms with van der Waals surface area (Å²) in [5.74, 6) is -0.993. The Kier molecular flexibility index (Phi) is 15.3. The van der Waals surface area contributed by atoms with E-state index in [9.17, 15) is 14.7 Å². The molecule has 2 amide bonds. The quantitative estimate of drug-likeness (QED) is 0.0687. The molecule has 10 N–H and O–H groups in total. The van der Waals surface area contributed by atoms with Crippen LogP contribution in [-0.4, -0.2) is 61.8 Å². The second kappa shape index (κ2) is 16.6. The van der Waals surface area contributed by atoms with Crippen LogP contribution in [0.3, 0.4) is 0 Å². The second-order valence-electron chi connectivity index (χ2n) is 6.01. The average Bonchev–Trinajstić information content (AvgIpc) is 2.59. The normalized spacial score (nSPS) is 11.6. The van der Waals surface area contributed by atoms with Gasteiger partial charge in [0.15, 0.2) is 5.96 Å². The van der Waals surface area contributed by atoms with Crippen LogP contribution in [0.15, 0.2) is 0 Å². The maximum absolute atomic E-state index is 11.7. The summed E-state index contributed by atoms with van der Waals surface area (Å²) in [6.07, 6.45) is 3.69. The van der Waals surface area contributed by atoms with Crippen molar-refractivity contribution in [3.8, 4) is 0 Å². The van der Waals surface area contributed by atoms with E-state index in [4.69, 9.17) is 16.9 Å². The molecule has 0 heterocycles. The summed E-state index contributed by atoms with van der Waals surface area (Å²) in [5.41, 5.74) is 10.5. The molecule has 0 bridgehead atoms. The minimum absolute atomic E-state index is 0.0421. The van der Waals surface area contributed by atoms with Gasteiger partial charge in [-0.05, 0) is 45.3 Å². The van der Waals surface area contributed by atoms with Crippen molar-refractivity contribution < 1.29 is 14.7 Å². The molecule has 0 fully saturated rings. The summed E-state index contributed by atoms with van der Waals surface area (Å²) in [4.78, 5) is 23.4. The Morgan fingerprint density at radius 3 is 2.27 bits per heavy atom. The Morgan fingerprint density at radius 2 is 1.58 bits per heavy atom. The fraction of sp³-hybridized carbons (Fsp3) is 0.812. The summed E-state index contributed by atoms with van der Waals surface area (Å²) in [6.45, 7) is 3.31. The molecule has 0 rings (SSSR count). The molecule has 0 saturated carbocycles. The third-order valence-electron chi connectivity index (χ3n) is 3.58. The van der Waals surface area contributed by atoms with Crippen LogP contribution < -0.4 is 32.7 Å². The maximum atomic E-state index is 11.7. The molecule has 0 aromatic carbocycles. The number of unbranched alkanes of at least 4 members (excludes halogenated alkanes) is 3. The molecular weight excluding hydrogens is 338 g/mol. The number of aliphatic hydroxyl groups is 1. The molecule has 0 aliphatic rings. The summed E-state index contributed by atoms with van der Waals surface area (Å²) >= 11 is 0. The number of aliphatic hydroxyl groups excluding tert-OH is 1. The number of nitrogens with one attached hydrogen (secondary N) is 5. The Bertz CT molecular complexity index is 407. The van der Waals surface area contributed by atoms with Crippen molar-refractivity contribution in [2.45, 2.75) is 51.2 Å². The van der Waals surface area contributed by atoms with Crippen molar-refractivity contribution in [3.63, 3.8) is 0 Å². The number of guanidine groups is 1. The lowest BCUT2D eigenvalue weighted by atomic mass is 10.1. The lowest BCUT2D eigenvalue weighted by molar-refractivity contribution is -0.136. The smallest absolute Gasteiger partial charge is 0.269 e. The molecule has 1 atom stereocenters. The highest BCUT2D eigenvalue weighted by Gasteiger charge is 2.16. The first-order valence-corrected chi connectivity index (χ1v) is 9.21. The first-order valence-electron chi connectivity index (χ1n) is 9.21. The van der Waals surface area contributed by atoms with Crippen molar-refractivity contribution >= 4 is 17.8 Å². The van der Waals surface area contributed by atoms with Crippen LogP contribution in [0, 0.1) is 5.41 Å². The number of carbonyl (C=O) groups is 2. The van der Waals surface area contributed by atoms with Crippen LogP contribution in [-0.2, 0) is 9.59 Å². The number of nitrogens with two attached hydrogens (primary N) is 2. The van der Waals surface area contributed by atoms with Gasteiger partial charge in [0.05, 0.1) is 0 Å². The zero-order chi connectivity index (χ0) is 19.6. The number of amides is 2. The topological polar surface area (TPSA) is 178 Å². The zero-order valence-electron chi connectivity index (χ0n) is 15.5. The van der Waals surface area contributed by atoms with E-state index < -0.39 is 12.1 Å². The molecule has 10 nitrogen and oxygen atoms in total. The number of hydrogen-bond acceptors (Lipinski definition) is 6. The fourth-order valence-electron chi connectivity index (χ4n) is 2.15. The molecule has 26 heavy (non-hydrogen) atoms. The SMILES string of the molecule is N=C(N)NCCCCCCC(=O)NC(O)C(=O)NCCCNCCCN. The lowest BCUT2D eigenvalue weighted by Crippen LogP contribution is -2.47. The van der Waals surface area contributed by atoms with Crippen LogP contribution in [0.25, 0.3) is 0 Å². The van der Waals surface area contributed by atoms with Crippen LogP contribution in [0.1, 0.15) is 44.9 Å². The Balaban J connectivity index is 3.58. The summed E-state index contributed by atoms with van der Waals surface area (Å²) in [7, 11) is 0. The van der Waals surface area contributed by atoms with E-state index in [0.29, 0.717) is 26.1 Å². The molecule has 0 aromatic rings. The first kappa shape index (κ1) is 24.1. The van der Waals surface area contributed by atoms with E-state index in [0.717, 1.165) is 45.2 Å². The van der Waals surface area contributed by atoms with E-state index in [1.165, 1.54) is 0 Å². The highest BCUT2D eigenvalue weighted by Crippen LogP contribution is 2.02. The predicted molar refractivity (Wildman–Crippen MR) is 101 cm³/mol. The van der Waals surface area contributed by atoms with Gasteiger partial charge in [0.25, 0.3) is 5.91 Å². The van der Waals surface area contributed by atoms with Crippen molar-refractivity contribution in [2.75, 3.05) is 32.7 Å². The van der Waals surface area contributed by atoms with Gasteiger partial charge in [0.1, 0.15) is 0 Å². The van der Waals surface area contributed by atoms with Gasteiger partial charge >= 0.3 is 0 Å². The van der Waals surface area contributed by atoms with Crippen LogP contribution in [0.2, 0.25) is 0 Å². The minimum atomic E-state index is -1.52.